The van der Waals surface area contributed by atoms with Gasteiger partial charge in [0, 0.05) is 30.7 Å². The fraction of sp³-hybridized carbons (Fsp3) is 0.389. The summed E-state index contributed by atoms with van der Waals surface area (Å²) in [6, 6.07) is 9.36. The van der Waals surface area contributed by atoms with Gasteiger partial charge in [0.2, 0.25) is 0 Å². The molecule has 3 rings (SSSR count). The quantitative estimate of drug-likeness (QED) is 0.885. The van der Waals surface area contributed by atoms with Crippen molar-refractivity contribution >= 4 is 23.3 Å². The molecule has 132 valence electrons. The lowest BCUT2D eigenvalue weighted by atomic mass is 10.1. The second-order valence-electron chi connectivity index (χ2n) is 5.89. The first kappa shape index (κ1) is 17.6. The molecule has 1 amide bonds. The summed E-state index contributed by atoms with van der Waals surface area (Å²) in [7, 11) is 0. The van der Waals surface area contributed by atoms with E-state index in [4.69, 9.17) is 16.3 Å². The smallest absolute Gasteiger partial charge is 0.270 e. The molecule has 2 aromatic rings. The van der Waals surface area contributed by atoms with Crippen LogP contribution < -0.4 is 10.2 Å². The van der Waals surface area contributed by atoms with Crippen molar-refractivity contribution < 1.29 is 9.53 Å². The number of aryl methyl sites for hydroxylation is 1. The highest BCUT2D eigenvalue weighted by Gasteiger charge is 2.16. The summed E-state index contributed by atoms with van der Waals surface area (Å²) in [6.07, 6.45) is 0.739. The zero-order valence-corrected chi connectivity index (χ0v) is 14.9. The van der Waals surface area contributed by atoms with Crippen LogP contribution in [-0.4, -0.2) is 48.7 Å². The largest absolute Gasteiger partial charge is 0.378 e. The van der Waals surface area contributed by atoms with Gasteiger partial charge in [-0.05, 0) is 31.0 Å². The lowest BCUT2D eigenvalue weighted by Gasteiger charge is -2.28. The first-order chi connectivity index (χ1) is 12.1. The molecule has 2 heterocycles. The van der Waals surface area contributed by atoms with E-state index in [1.54, 1.807) is 13.0 Å². The third kappa shape index (κ3) is 4.90. The van der Waals surface area contributed by atoms with E-state index < -0.39 is 0 Å². The molecule has 7 heteroatoms. The van der Waals surface area contributed by atoms with E-state index in [0.717, 1.165) is 30.9 Å². The maximum Gasteiger partial charge on any atom is 0.270 e. The SMILES string of the molecule is Cc1nc(C(=O)NCCc2ccc(Cl)cc2)cc(N2CCOCC2)n1. The van der Waals surface area contributed by atoms with Crippen LogP contribution in [0.15, 0.2) is 30.3 Å². The maximum absolute atomic E-state index is 12.4. The Morgan fingerprint density at radius 1 is 1.24 bits per heavy atom. The predicted octanol–water partition coefficient (Wildman–Crippen LogP) is 2.25. The summed E-state index contributed by atoms with van der Waals surface area (Å²) in [6.45, 7) is 5.23. The summed E-state index contributed by atoms with van der Waals surface area (Å²) in [5, 5.41) is 3.62. The minimum atomic E-state index is -0.186. The highest BCUT2D eigenvalue weighted by Crippen LogP contribution is 2.14. The van der Waals surface area contributed by atoms with Gasteiger partial charge in [-0.15, -0.1) is 0 Å². The average Bonchev–Trinajstić information content (AvgIpc) is 2.63. The normalized spacial score (nSPS) is 14.4. The number of rotatable bonds is 5. The molecule has 0 radical (unpaired) electrons. The van der Waals surface area contributed by atoms with Gasteiger partial charge < -0.3 is 15.0 Å². The van der Waals surface area contributed by atoms with Gasteiger partial charge in [-0.1, -0.05) is 23.7 Å². The number of ether oxygens (including phenoxy) is 1. The summed E-state index contributed by atoms with van der Waals surface area (Å²) in [5.74, 6) is 1.18. The summed E-state index contributed by atoms with van der Waals surface area (Å²) in [4.78, 5) is 23.2. The van der Waals surface area contributed by atoms with Crippen molar-refractivity contribution in [2.45, 2.75) is 13.3 Å². The molecule has 1 fully saturated rings. The number of hydrogen-bond donors (Lipinski definition) is 1. The maximum atomic E-state index is 12.4. The molecule has 0 saturated carbocycles. The molecule has 0 bridgehead atoms. The molecule has 0 spiro atoms. The number of halogens is 1. The Hall–Kier alpha value is -2.18. The molecule has 25 heavy (non-hydrogen) atoms. The van der Waals surface area contributed by atoms with Gasteiger partial charge in [0.1, 0.15) is 17.3 Å². The fourth-order valence-corrected chi connectivity index (χ4v) is 2.81. The molecule has 1 aliphatic heterocycles. The topological polar surface area (TPSA) is 67.4 Å². The van der Waals surface area contributed by atoms with Gasteiger partial charge >= 0.3 is 0 Å². The second-order valence-corrected chi connectivity index (χ2v) is 6.33. The molecule has 6 nitrogen and oxygen atoms in total. The van der Waals surface area contributed by atoms with Crippen LogP contribution in [-0.2, 0) is 11.2 Å². The second kappa shape index (κ2) is 8.27. The molecule has 1 aromatic carbocycles. The fourth-order valence-electron chi connectivity index (χ4n) is 2.68. The zero-order valence-electron chi connectivity index (χ0n) is 14.2. The number of aromatic nitrogens is 2. The Balaban J connectivity index is 1.61. The van der Waals surface area contributed by atoms with Crippen molar-refractivity contribution in [2.24, 2.45) is 0 Å². The van der Waals surface area contributed by atoms with Crippen LogP contribution in [0.4, 0.5) is 5.82 Å². The molecule has 0 unspecified atom stereocenters. The van der Waals surface area contributed by atoms with Crippen molar-refractivity contribution in [2.75, 3.05) is 37.7 Å². The molecule has 1 saturated heterocycles. The highest BCUT2D eigenvalue weighted by atomic mass is 35.5. The van der Waals surface area contributed by atoms with Gasteiger partial charge in [-0.3, -0.25) is 4.79 Å². The lowest BCUT2D eigenvalue weighted by molar-refractivity contribution is 0.0948. The van der Waals surface area contributed by atoms with Gasteiger partial charge in [-0.2, -0.15) is 0 Å². The molecule has 1 aliphatic rings. The number of hydrogen-bond acceptors (Lipinski definition) is 5. The third-order valence-electron chi connectivity index (χ3n) is 4.00. The van der Waals surface area contributed by atoms with Crippen molar-refractivity contribution in [1.29, 1.82) is 0 Å². The number of benzene rings is 1. The third-order valence-corrected chi connectivity index (χ3v) is 4.26. The van der Waals surface area contributed by atoms with Crippen LogP contribution in [0.2, 0.25) is 5.02 Å². The predicted molar refractivity (Wildman–Crippen MR) is 97.3 cm³/mol. The summed E-state index contributed by atoms with van der Waals surface area (Å²) >= 11 is 5.87. The Morgan fingerprint density at radius 2 is 1.96 bits per heavy atom. The zero-order chi connectivity index (χ0) is 17.6. The number of nitrogens with one attached hydrogen (secondary N) is 1. The van der Waals surface area contributed by atoms with E-state index in [1.807, 2.05) is 24.3 Å². The van der Waals surface area contributed by atoms with Gasteiger partial charge in [0.25, 0.3) is 5.91 Å². The van der Waals surface area contributed by atoms with Crippen LogP contribution in [0.1, 0.15) is 21.9 Å². The van der Waals surface area contributed by atoms with Crippen molar-refractivity contribution in [1.82, 2.24) is 15.3 Å². The number of morpholine rings is 1. The van der Waals surface area contributed by atoms with Crippen LogP contribution in [0.5, 0.6) is 0 Å². The summed E-state index contributed by atoms with van der Waals surface area (Å²) in [5.41, 5.74) is 1.52. The molecule has 1 N–H and O–H groups in total. The van der Waals surface area contributed by atoms with E-state index in [-0.39, 0.29) is 5.91 Å². The van der Waals surface area contributed by atoms with E-state index >= 15 is 0 Å². The molecule has 0 aliphatic carbocycles. The van der Waals surface area contributed by atoms with Crippen molar-refractivity contribution in [3.63, 3.8) is 0 Å². The lowest BCUT2D eigenvalue weighted by Crippen LogP contribution is -2.37. The number of nitrogens with zero attached hydrogens (tertiary/aromatic N) is 3. The minimum Gasteiger partial charge on any atom is -0.378 e. The Morgan fingerprint density at radius 3 is 2.68 bits per heavy atom. The Bertz CT molecular complexity index is 730. The van der Waals surface area contributed by atoms with E-state index in [2.05, 4.69) is 20.2 Å². The Labute approximate surface area is 152 Å². The summed E-state index contributed by atoms with van der Waals surface area (Å²) < 4.78 is 5.36. The van der Waals surface area contributed by atoms with Crippen LogP contribution in [0.3, 0.4) is 0 Å². The van der Waals surface area contributed by atoms with E-state index in [1.165, 1.54) is 0 Å². The first-order valence-corrected chi connectivity index (χ1v) is 8.70. The number of anilines is 1. The standard InChI is InChI=1S/C18H21ClN4O2/c1-13-21-16(12-17(22-13)23-8-10-25-11-9-23)18(24)20-7-6-14-2-4-15(19)5-3-14/h2-5,12H,6-11H2,1H3,(H,20,24). The van der Waals surface area contributed by atoms with E-state index in [0.29, 0.717) is 36.3 Å². The van der Waals surface area contributed by atoms with Gasteiger partial charge in [0.15, 0.2) is 0 Å². The number of carbonyl (C=O) groups is 1. The van der Waals surface area contributed by atoms with Crippen LogP contribution in [0.25, 0.3) is 0 Å². The molecule has 0 atom stereocenters. The van der Waals surface area contributed by atoms with E-state index in [9.17, 15) is 4.79 Å². The highest BCUT2D eigenvalue weighted by molar-refractivity contribution is 6.30. The van der Waals surface area contributed by atoms with Gasteiger partial charge in [0.05, 0.1) is 13.2 Å². The van der Waals surface area contributed by atoms with Crippen molar-refractivity contribution in [3.05, 3.63) is 52.4 Å². The Kier molecular flexibility index (Phi) is 5.83. The first-order valence-electron chi connectivity index (χ1n) is 8.33. The number of amides is 1. The number of carbonyl (C=O) groups excluding carboxylic acids is 1. The monoisotopic (exact) mass is 360 g/mol. The van der Waals surface area contributed by atoms with Gasteiger partial charge in [-0.25, -0.2) is 9.97 Å². The van der Waals surface area contributed by atoms with Crippen LogP contribution in [0, 0.1) is 6.92 Å². The minimum absolute atomic E-state index is 0.186. The average molecular weight is 361 g/mol. The van der Waals surface area contributed by atoms with Crippen molar-refractivity contribution in [3.8, 4) is 0 Å². The molecular weight excluding hydrogens is 340 g/mol. The van der Waals surface area contributed by atoms with Crippen LogP contribution >= 0.6 is 11.6 Å². The molecule has 1 aromatic heterocycles. The molecular formula is C18H21ClN4O2.